The molecular formula is C20H23F6N3O6. The summed E-state index contributed by atoms with van der Waals surface area (Å²) in [7, 11) is 2.12. The predicted molar refractivity (Wildman–Crippen MR) is 108 cm³/mol. The number of H-pyrrole nitrogens is 1. The zero-order chi connectivity index (χ0) is 26.8. The number of aliphatic carboxylic acids is 2. The fraction of sp³-hybridized carbons (Fsp3) is 0.450. The highest BCUT2D eigenvalue weighted by Gasteiger charge is 2.38. The van der Waals surface area contributed by atoms with Crippen molar-refractivity contribution >= 4 is 11.9 Å². The third-order valence-electron chi connectivity index (χ3n) is 4.10. The number of nitrogens with one attached hydrogen (secondary N) is 1. The Bertz CT molecular complexity index is 953. The van der Waals surface area contributed by atoms with Crippen LogP contribution in [0.2, 0.25) is 0 Å². The van der Waals surface area contributed by atoms with E-state index in [1.165, 1.54) is 5.56 Å². The maximum Gasteiger partial charge on any atom is 0.490 e. The van der Waals surface area contributed by atoms with E-state index in [1.807, 2.05) is 19.2 Å². The molecule has 2 aromatic rings. The van der Waals surface area contributed by atoms with Gasteiger partial charge in [0.2, 0.25) is 6.79 Å². The van der Waals surface area contributed by atoms with Gasteiger partial charge in [-0.3, -0.25) is 4.90 Å². The molecule has 0 atom stereocenters. The molecule has 0 saturated carbocycles. The standard InChI is InChI=1S/C16H21N3O2.2C2HF3O2/c1-12-9-17-16(18-12)10-19(2)7-3-4-13-5-6-14-15(8-13)21-11-20-14;2*3-2(4,5)1(6)7/h5-6,8-9H,3-4,7,10-11H2,1-2H3,(H,17,18);2*(H,6,7). The number of aryl methyl sites for hydroxylation is 2. The molecular weight excluding hydrogens is 492 g/mol. The Kier molecular flexibility index (Phi) is 10.8. The average Bonchev–Trinajstić information content (AvgIpc) is 3.35. The zero-order valence-electron chi connectivity index (χ0n) is 18.5. The van der Waals surface area contributed by atoms with Gasteiger partial charge in [0.1, 0.15) is 5.82 Å². The van der Waals surface area contributed by atoms with Crippen molar-refractivity contribution in [2.45, 2.75) is 38.7 Å². The maximum atomic E-state index is 10.6. The van der Waals surface area contributed by atoms with Crippen molar-refractivity contribution < 1.29 is 55.6 Å². The molecule has 1 aromatic carbocycles. The third-order valence-corrected chi connectivity index (χ3v) is 4.10. The van der Waals surface area contributed by atoms with Gasteiger partial charge in [-0.05, 0) is 51.1 Å². The van der Waals surface area contributed by atoms with Crippen LogP contribution in [0.4, 0.5) is 26.3 Å². The van der Waals surface area contributed by atoms with Crippen molar-refractivity contribution in [2.75, 3.05) is 20.4 Å². The van der Waals surface area contributed by atoms with Crippen LogP contribution in [0.3, 0.4) is 0 Å². The van der Waals surface area contributed by atoms with Gasteiger partial charge in [0.15, 0.2) is 11.5 Å². The number of aromatic amines is 1. The van der Waals surface area contributed by atoms with E-state index in [0.29, 0.717) is 6.79 Å². The number of hydrogen-bond donors (Lipinski definition) is 3. The Morgan fingerprint density at radius 3 is 2.09 bits per heavy atom. The molecule has 1 aromatic heterocycles. The molecule has 1 aliphatic heterocycles. The minimum atomic E-state index is -5.08. The predicted octanol–water partition coefficient (Wildman–Crippen LogP) is 3.78. The number of nitrogens with zero attached hydrogens (tertiary/aromatic N) is 2. The zero-order valence-corrected chi connectivity index (χ0v) is 18.5. The Hall–Kier alpha value is -3.49. The summed E-state index contributed by atoms with van der Waals surface area (Å²) in [6.45, 7) is 4.25. The van der Waals surface area contributed by atoms with Gasteiger partial charge in [-0.15, -0.1) is 0 Å². The number of imidazole rings is 1. The highest BCUT2D eigenvalue weighted by atomic mass is 19.4. The lowest BCUT2D eigenvalue weighted by Crippen LogP contribution is -2.21. The number of ether oxygens (including phenoxy) is 2. The Labute approximate surface area is 195 Å². The van der Waals surface area contributed by atoms with E-state index in [2.05, 4.69) is 34.0 Å². The van der Waals surface area contributed by atoms with Gasteiger partial charge >= 0.3 is 24.3 Å². The monoisotopic (exact) mass is 515 g/mol. The number of halogens is 6. The topological polar surface area (TPSA) is 125 Å². The van der Waals surface area contributed by atoms with Gasteiger partial charge in [0.25, 0.3) is 0 Å². The van der Waals surface area contributed by atoms with E-state index in [0.717, 1.165) is 48.9 Å². The van der Waals surface area contributed by atoms with Crippen LogP contribution in [0.1, 0.15) is 23.5 Å². The molecule has 0 bridgehead atoms. The first-order chi connectivity index (χ1) is 16.1. The van der Waals surface area contributed by atoms with Crippen LogP contribution < -0.4 is 9.47 Å². The largest absolute Gasteiger partial charge is 0.490 e. The number of carbonyl (C=O) groups is 2. The fourth-order valence-electron chi connectivity index (χ4n) is 2.53. The normalized spacial score (nSPS) is 12.4. The second kappa shape index (κ2) is 12.8. The molecule has 35 heavy (non-hydrogen) atoms. The molecule has 0 saturated heterocycles. The second-order valence-corrected chi connectivity index (χ2v) is 7.15. The smallest absolute Gasteiger partial charge is 0.475 e. The molecule has 0 radical (unpaired) electrons. The Balaban J connectivity index is 0.000000362. The van der Waals surface area contributed by atoms with E-state index in [4.69, 9.17) is 29.3 Å². The highest BCUT2D eigenvalue weighted by Crippen LogP contribution is 2.32. The van der Waals surface area contributed by atoms with Crippen molar-refractivity contribution in [3.63, 3.8) is 0 Å². The molecule has 0 fully saturated rings. The van der Waals surface area contributed by atoms with Crippen LogP contribution in [0.5, 0.6) is 11.5 Å². The van der Waals surface area contributed by atoms with Crippen molar-refractivity contribution in [1.82, 2.24) is 14.9 Å². The molecule has 3 rings (SSSR count). The summed E-state index contributed by atoms with van der Waals surface area (Å²) in [5.74, 6) is -2.77. The first kappa shape index (κ1) is 29.5. The van der Waals surface area contributed by atoms with Crippen LogP contribution in [0, 0.1) is 6.92 Å². The number of carboxylic acids is 2. The van der Waals surface area contributed by atoms with Crippen molar-refractivity contribution in [3.05, 3.63) is 41.5 Å². The third kappa shape index (κ3) is 11.5. The minimum Gasteiger partial charge on any atom is -0.475 e. The van der Waals surface area contributed by atoms with Crippen molar-refractivity contribution in [2.24, 2.45) is 0 Å². The van der Waals surface area contributed by atoms with E-state index >= 15 is 0 Å². The highest BCUT2D eigenvalue weighted by molar-refractivity contribution is 5.73. The molecule has 0 unspecified atom stereocenters. The summed E-state index contributed by atoms with van der Waals surface area (Å²) in [4.78, 5) is 27.7. The summed E-state index contributed by atoms with van der Waals surface area (Å²) in [6, 6.07) is 6.19. The van der Waals surface area contributed by atoms with Gasteiger partial charge in [-0.25, -0.2) is 14.6 Å². The van der Waals surface area contributed by atoms with E-state index < -0.39 is 24.3 Å². The molecule has 15 heteroatoms. The molecule has 9 nitrogen and oxygen atoms in total. The van der Waals surface area contributed by atoms with Crippen molar-refractivity contribution in [1.29, 1.82) is 0 Å². The molecule has 0 aliphatic carbocycles. The number of alkyl halides is 6. The van der Waals surface area contributed by atoms with Crippen LogP contribution in [-0.2, 0) is 22.6 Å². The molecule has 196 valence electrons. The first-order valence-corrected chi connectivity index (χ1v) is 9.77. The van der Waals surface area contributed by atoms with Gasteiger partial charge < -0.3 is 24.7 Å². The number of benzene rings is 1. The van der Waals surface area contributed by atoms with Crippen LogP contribution >= 0.6 is 0 Å². The minimum absolute atomic E-state index is 0.337. The lowest BCUT2D eigenvalue weighted by atomic mass is 10.1. The van der Waals surface area contributed by atoms with E-state index in [1.54, 1.807) is 0 Å². The number of fused-ring (bicyclic) bond motifs is 1. The molecule has 0 amide bonds. The lowest BCUT2D eigenvalue weighted by Gasteiger charge is -2.15. The van der Waals surface area contributed by atoms with Crippen LogP contribution in [-0.4, -0.2) is 69.8 Å². The fourth-order valence-corrected chi connectivity index (χ4v) is 2.53. The van der Waals surface area contributed by atoms with Gasteiger partial charge in [0, 0.05) is 11.9 Å². The lowest BCUT2D eigenvalue weighted by molar-refractivity contribution is -0.193. The summed E-state index contributed by atoms with van der Waals surface area (Å²) >= 11 is 0. The quantitative estimate of drug-likeness (QED) is 0.497. The Morgan fingerprint density at radius 1 is 1.06 bits per heavy atom. The molecule has 1 aliphatic rings. The number of hydrogen-bond acceptors (Lipinski definition) is 6. The van der Waals surface area contributed by atoms with Crippen LogP contribution in [0.25, 0.3) is 0 Å². The van der Waals surface area contributed by atoms with Crippen LogP contribution in [0.15, 0.2) is 24.4 Å². The van der Waals surface area contributed by atoms with Gasteiger partial charge in [-0.1, -0.05) is 6.07 Å². The number of rotatable bonds is 6. The average molecular weight is 515 g/mol. The Morgan fingerprint density at radius 2 is 1.60 bits per heavy atom. The first-order valence-electron chi connectivity index (χ1n) is 9.77. The molecule has 2 heterocycles. The van der Waals surface area contributed by atoms with E-state index in [-0.39, 0.29) is 0 Å². The number of carboxylic acid groups (broad SMARTS) is 2. The second-order valence-electron chi connectivity index (χ2n) is 7.15. The maximum absolute atomic E-state index is 10.6. The summed E-state index contributed by atoms with van der Waals surface area (Å²) < 4.78 is 74.2. The summed E-state index contributed by atoms with van der Waals surface area (Å²) in [6.07, 6.45) is -6.15. The van der Waals surface area contributed by atoms with Gasteiger partial charge in [0.05, 0.1) is 6.54 Å². The molecule has 3 N–H and O–H groups in total. The SMILES string of the molecule is Cc1cnc(CN(C)CCCc2ccc3c(c2)OCO3)[nH]1.O=C(O)C(F)(F)F.O=C(O)C(F)(F)F. The van der Waals surface area contributed by atoms with Crippen molar-refractivity contribution in [3.8, 4) is 11.5 Å². The number of aromatic nitrogens is 2. The van der Waals surface area contributed by atoms with E-state index in [9.17, 15) is 26.3 Å². The summed E-state index contributed by atoms with van der Waals surface area (Å²) in [5.41, 5.74) is 2.40. The molecule has 0 spiro atoms. The van der Waals surface area contributed by atoms with Gasteiger partial charge in [-0.2, -0.15) is 26.3 Å². The summed E-state index contributed by atoms with van der Waals surface area (Å²) in [5, 5.41) is 14.2.